The summed E-state index contributed by atoms with van der Waals surface area (Å²) in [4.78, 5) is 42.5. The standard InChI is InChI=1S/C28H31N3O5S/c1-17(2)12-24(26(32)30-25(27(33)35-3)13-18-15-37-16-29-18)31-28(34)36-14-23-21-10-6-4-8-19(21)20-9-5-7-11-22(20)23/h4-11,15-17,23-25H,12-14H2,1-3H3,(H,30,32)(H,31,34)/t24-,25?/m1/s1. The maximum Gasteiger partial charge on any atom is 0.407 e. The van der Waals surface area contributed by atoms with E-state index in [-0.39, 0.29) is 24.9 Å². The number of rotatable bonds is 10. The maximum absolute atomic E-state index is 13.2. The molecular weight excluding hydrogens is 490 g/mol. The zero-order valence-corrected chi connectivity index (χ0v) is 21.9. The third-order valence-corrected chi connectivity index (χ3v) is 6.99. The van der Waals surface area contributed by atoms with Crippen LogP contribution in [0.15, 0.2) is 59.4 Å². The van der Waals surface area contributed by atoms with Crippen molar-refractivity contribution in [3.8, 4) is 11.1 Å². The highest BCUT2D eigenvalue weighted by Gasteiger charge is 2.31. The Morgan fingerprint density at radius 1 is 0.973 bits per heavy atom. The number of benzene rings is 2. The van der Waals surface area contributed by atoms with E-state index in [4.69, 9.17) is 9.47 Å². The Labute approximate surface area is 220 Å². The number of nitrogens with zero attached hydrogens (tertiary/aromatic N) is 1. The molecule has 194 valence electrons. The molecule has 0 radical (unpaired) electrons. The molecule has 0 aliphatic heterocycles. The van der Waals surface area contributed by atoms with E-state index in [1.165, 1.54) is 18.4 Å². The molecule has 4 rings (SSSR count). The first-order valence-corrected chi connectivity index (χ1v) is 13.2. The monoisotopic (exact) mass is 521 g/mol. The number of methoxy groups -OCH3 is 1. The van der Waals surface area contributed by atoms with Crippen molar-refractivity contribution in [2.24, 2.45) is 5.92 Å². The van der Waals surface area contributed by atoms with Gasteiger partial charge in [0.2, 0.25) is 5.91 Å². The van der Waals surface area contributed by atoms with Crippen LogP contribution >= 0.6 is 11.3 Å². The zero-order chi connectivity index (χ0) is 26.4. The van der Waals surface area contributed by atoms with Gasteiger partial charge in [0.1, 0.15) is 18.7 Å². The molecule has 8 nitrogen and oxygen atoms in total. The topological polar surface area (TPSA) is 107 Å². The first-order valence-electron chi connectivity index (χ1n) is 12.2. The van der Waals surface area contributed by atoms with Gasteiger partial charge in [0, 0.05) is 17.7 Å². The summed E-state index contributed by atoms with van der Waals surface area (Å²) < 4.78 is 10.5. The molecule has 2 N–H and O–H groups in total. The van der Waals surface area contributed by atoms with Crippen molar-refractivity contribution in [3.05, 3.63) is 76.2 Å². The Bertz CT molecular complexity index is 1200. The largest absolute Gasteiger partial charge is 0.467 e. The molecular formula is C28H31N3O5S. The molecule has 1 unspecified atom stereocenters. The lowest BCUT2D eigenvalue weighted by Gasteiger charge is -2.23. The van der Waals surface area contributed by atoms with Crippen LogP contribution in [0, 0.1) is 5.92 Å². The normalized spacial score (nSPS) is 13.8. The number of hydrogen-bond acceptors (Lipinski definition) is 7. The van der Waals surface area contributed by atoms with Crippen molar-refractivity contribution in [3.63, 3.8) is 0 Å². The summed E-state index contributed by atoms with van der Waals surface area (Å²) >= 11 is 1.40. The third-order valence-electron chi connectivity index (χ3n) is 6.36. The second-order valence-corrected chi connectivity index (χ2v) is 10.1. The number of alkyl carbamates (subject to hydrolysis) is 1. The van der Waals surface area contributed by atoms with Gasteiger partial charge in [0.05, 0.1) is 18.3 Å². The van der Waals surface area contributed by atoms with Crippen LogP contribution in [0.5, 0.6) is 0 Å². The van der Waals surface area contributed by atoms with Gasteiger partial charge in [0.15, 0.2) is 0 Å². The minimum Gasteiger partial charge on any atom is -0.467 e. The van der Waals surface area contributed by atoms with Gasteiger partial charge < -0.3 is 20.1 Å². The molecule has 2 atom stereocenters. The van der Waals surface area contributed by atoms with Crippen LogP contribution in [0.1, 0.15) is 43.0 Å². The van der Waals surface area contributed by atoms with E-state index in [2.05, 4.69) is 27.8 Å². The summed E-state index contributed by atoms with van der Waals surface area (Å²) in [5.74, 6) is -1.03. The number of esters is 1. The molecule has 9 heteroatoms. The van der Waals surface area contributed by atoms with Crippen LogP contribution in [-0.2, 0) is 25.5 Å². The van der Waals surface area contributed by atoms with E-state index < -0.39 is 30.1 Å². The van der Waals surface area contributed by atoms with E-state index >= 15 is 0 Å². The highest BCUT2D eigenvalue weighted by molar-refractivity contribution is 7.07. The minimum atomic E-state index is -0.918. The van der Waals surface area contributed by atoms with E-state index in [0.29, 0.717) is 12.1 Å². The Morgan fingerprint density at radius 3 is 2.19 bits per heavy atom. The highest BCUT2D eigenvalue weighted by atomic mass is 32.1. The fraction of sp³-hybridized carbons (Fsp3) is 0.357. The van der Waals surface area contributed by atoms with Crippen molar-refractivity contribution < 1.29 is 23.9 Å². The van der Waals surface area contributed by atoms with Crippen LogP contribution < -0.4 is 10.6 Å². The number of hydrogen-bond donors (Lipinski definition) is 2. The van der Waals surface area contributed by atoms with Gasteiger partial charge in [-0.25, -0.2) is 14.6 Å². The molecule has 0 saturated carbocycles. The summed E-state index contributed by atoms with van der Waals surface area (Å²) in [5, 5.41) is 7.23. The Kier molecular flexibility index (Phi) is 8.55. The lowest BCUT2D eigenvalue weighted by Crippen LogP contribution is -2.53. The number of thiazole rings is 1. The number of carbonyl (C=O) groups excluding carboxylic acids is 3. The van der Waals surface area contributed by atoms with E-state index in [1.54, 1.807) is 5.51 Å². The number of nitrogens with one attached hydrogen (secondary N) is 2. The molecule has 0 bridgehead atoms. The predicted molar refractivity (Wildman–Crippen MR) is 141 cm³/mol. The van der Waals surface area contributed by atoms with Crippen LogP contribution in [-0.4, -0.2) is 48.8 Å². The molecule has 2 amide bonds. The molecule has 1 heterocycles. The zero-order valence-electron chi connectivity index (χ0n) is 21.1. The quantitative estimate of drug-likeness (QED) is 0.386. The third kappa shape index (κ3) is 6.35. The smallest absolute Gasteiger partial charge is 0.407 e. The number of aromatic nitrogens is 1. The average molecular weight is 522 g/mol. The highest BCUT2D eigenvalue weighted by Crippen LogP contribution is 2.44. The molecule has 37 heavy (non-hydrogen) atoms. The molecule has 2 aromatic carbocycles. The fourth-order valence-corrected chi connectivity index (χ4v) is 5.21. The van der Waals surface area contributed by atoms with Gasteiger partial charge in [-0.05, 0) is 34.6 Å². The van der Waals surface area contributed by atoms with Crippen molar-refractivity contribution in [2.45, 2.75) is 44.7 Å². The first-order chi connectivity index (χ1) is 17.9. The summed E-state index contributed by atoms with van der Waals surface area (Å²) in [7, 11) is 1.27. The second kappa shape index (κ2) is 12.0. The molecule has 1 aromatic heterocycles. The second-order valence-electron chi connectivity index (χ2n) is 9.42. The molecule has 1 aliphatic rings. The minimum absolute atomic E-state index is 0.0858. The number of ether oxygens (including phenoxy) is 2. The van der Waals surface area contributed by atoms with Crippen LogP contribution in [0.2, 0.25) is 0 Å². The molecule has 3 aromatic rings. The molecule has 1 aliphatic carbocycles. The van der Waals surface area contributed by atoms with Crippen molar-refractivity contribution in [2.75, 3.05) is 13.7 Å². The molecule has 0 saturated heterocycles. The molecule has 0 spiro atoms. The lowest BCUT2D eigenvalue weighted by atomic mass is 9.98. The van der Waals surface area contributed by atoms with Gasteiger partial charge in [-0.15, -0.1) is 11.3 Å². The van der Waals surface area contributed by atoms with Gasteiger partial charge in [-0.3, -0.25) is 4.79 Å². The number of amides is 2. The van der Waals surface area contributed by atoms with Crippen LogP contribution in [0.3, 0.4) is 0 Å². The van der Waals surface area contributed by atoms with Crippen molar-refractivity contribution >= 4 is 29.3 Å². The van der Waals surface area contributed by atoms with Crippen LogP contribution in [0.25, 0.3) is 11.1 Å². The summed E-state index contributed by atoms with van der Waals surface area (Å²) in [5.41, 5.74) is 6.82. The van der Waals surface area contributed by atoms with E-state index in [1.807, 2.05) is 55.6 Å². The average Bonchev–Trinajstić information content (AvgIpc) is 3.52. The van der Waals surface area contributed by atoms with E-state index in [9.17, 15) is 14.4 Å². The summed E-state index contributed by atoms with van der Waals surface area (Å²) in [6.07, 6.45) is -0.112. The Balaban J connectivity index is 1.41. The predicted octanol–water partition coefficient (Wildman–Crippen LogP) is 4.30. The van der Waals surface area contributed by atoms with Gasteiger partial charge in [-0.2, -0.15) is 0 Å². The van der Waals surface area contributed by atoms with Gasteiger partial charge >= 0.3 is 12.1 Å². The Hall–Kier alpha value is -3.72. The summed E-state index contributed by atoms with van der Waals surface area (Å²) in [6.45, 7) is 4.05. The first kappa shape index (κ1) is 26.3. The Morgan fingerprint density at radius 2 is 1.62 bits per heavy atom. The summed E-state index contributed by atoms with van der Waals surface area (Å²) in [6, 6.07) is 14.4. The number of fused-ring (bicyclic) bond motifs is 3. The van der Waals surface area contributed by atoms with Crippen LogP contribution in [0.4, 0.5) is 4.79 Å². The van der Waals surface area contributed by atoms with Gasteiger partial charge in [0.25, 0.3) is 0 Å². The molecule has 0 fully saturated rings. The SMILES string of the molecule is COC(=O)C(Cc1cscn1)NC(=O)[C@@H](CC(C)C)NC(=O)OCC1c2ccccc2-c2ccccc21. The fourth-order valence-electron chi connectivity index (χ4n) is 4.64. The van der Waals surface area contributed by atoms with Crippen molar-refractivity contribution in [1.82, 2.24) is 15.6 Å². The van der Waals surface area contributed by atoms with E-state index in [0.717, 1.165) is 22.3 Å². The number of carbonyl (C=O) groups is 3. The lowest BCUT2D eigenvalue weighted by molar-refractivity contribution is -0.145. The maximum atomic E-state index is 13.2. The van der Waals surface area contributed by atoms with Gasteiger partial charge in [-0.1, -0.05) is 62.4 Å². The van der Waals surface area contributed by atoms with Crippen molar-refractivity contribution in [1.29, 1.82) is 0 Å².